The first kappa shape index (κ1) is 24.7. The van der Waals surface area contributed by atoms with Gasteiger partial charge in [0.05, 0.1) is 0 Å². The van der Waals surface area contributed by atoms with Crippen LogP contribution in [0, 0.1) is 0 Å². The van der Waals surface area contributed by atoms with Gasteiger partial charge in [0.1, 0.15) is 0 Å². The largest absolute Gasteiger partial charge is 0.449 e. The van der Waals surface area contributed by atoms with Crippen molar-refractivity contribution in [2.75, 3.05) is 0 Å². The third-order valence-electron chi connectivity index (χ3n) is 4.09. The first-order chi connectivity index (χ1) is 12.5. The van der Waals surface area contributed by atoms with Crippen LogP contribution in [0.25, 0.3) is 0 Å². The molecule has 0 rings (SSSR count). The number of alkyl halides is 3. The molecule has 0 aromatic heterocycles. The molecule has 26 heavy (non-hydrogen) atoms. The van der Waals surface area contributed by atoms with Gasteiger partial charge >= 0.3 is 6.18 Å². The molecule has 150 valence electrons. The van der Waals surface area contributed by atoms with Crippen molar-refractivity contribution in [3.05, 3.63) is 36.5 Å². The van der Waals surface area contributed by atoms with Gasteiger partial charge in [0, 0.05) is 6.42 Å². The number of Topliss-reactive ketones (excluding diaryl/α,β-unsaturated/α-hetero) is 1. The second-order valence-corrected chi connectivity index (χ2v) is 6.60. The number of carbonyl (C=O) groups is 1. The molecule has 1 nitrogen and oxygen atoms in total. The first-order valence-electron chi connectivity index (χ1n) is 10.0. The standard InChI is InChI=1S/C22H35F3O/c1-2-3-4-5-6-7-8-9-10-11-12-13-14-15-16-17-18-19-20-21(26)22(23,24)25/h6-7,10-11,13-14H,2-5,8-9,12,15-20H2,1H3/b7-6-,11-10-,14-13-. The first-order valence-corrected chi connectivity index (χ1v) is 10.0. The minimum absolute atomic E-state index is 0.331. The number of hydrogen-bond acceptors (Lipinski definition) is 1. The lowest BCUT2D eigenvalue weighted by Crippen LogP contribution is -2.22. The van der Waals surface area contributed by atoms with Crippen LogP contribution in [0.3, 0.4) is 0 Å². The van der Waals surface area contributed by atoms with Gasteiger partial charge in [-0.05, 0) is 51.4 Å². The van der Waals surface area contributed by atoms with Gasteiger partial charge in [-0.25, -0.2) is 0 Å². The van der Waals surface area contributed by atoms with Gasteiger partial charge < -0.3 is 0 Å². The maximum absolute atomic E-state index is 12.0. The van der Waals surface area contributed by atoms with Gasteiger partial charge in [-0.2, -0.15) is 13.2 Å². The van der Waals surface area contributed by atoms with Crippen molar-refractivity contribution in [2.24, 2.45) is 0 Å². The van der Waals surface area contributed by atoms with Crippen LogP contribution in [0.2, 0.25) is 0 Å². The highest BCUT2D eigenvalue weighted by atomic mass is 19.4. The van der Waals surface area contributed by atoms with Crippen LogP contribution in [-0.2, 0) is 4.79 Å². The van der Waals surface area contributed by atoms with Crippen molar-refractivity contribution in [1.82, 2.24) is 0 Å². The molecule has 0 fully saturated rings. The minimum Gasteiger partial charge on any atom is -0.290 e. The molecule has 0 heterocycles. The second-order valence-electron chi connectivity index (χ2n) is 6.60. The van der Waals surface area contributed by atoms with Crippen molar-refractivity contribution in [1.29, 1.82) is 0 Å². The molecule has 0 bridgehead atoms. The lowest BCUT2D eigenvalue weighted by atomic mass is 10.1. The highest BCUT2D eigenvalue weighted by molar-refractivity contribution is 5.83. The Hall–Kier alpha value is -1.32. The Kier molecular flexibility index (Phi) is 16.2. The van der Waals surface area contributed by atoms with Crippen LogP contribution < -0.4 is 0 Å². The molecular formula is C22H35F3O. The van der Waals surface area contributed by atoms with Crippen molar-refractivity contribution in [3.8, 4) is 0 Å². The Balaban J connectivity index is 3.39. The van der Waals surface area contributed by atoms with Gasteiger partial charge in [0.15, 0.2) is 0 Å². The van der Waals surface area contributed by atoms with Crippen LogP contribution in [0.5, 0.6) is 0 Å². The van der Waals surface area contributed by atoms with Crippen LogP contribution in [-0.4, -0.2) is 12.0 Å². The van der Waals surface area contributed by atoms with Gasteiger partial charge in [0.2, 0.25) is 5.78 Å². The molecule has 0 aliphatic rings. The summed E-state index contributed by atoms with van der Waals surface area (Å²) in [5, 5.41) is 0. The summed E-state index contributed by atoms with van der Waals surface area (Å²) in [7, 11) is 0. The van der Waals surface area contributed by atoms with Crippen LogP contribution in [0.4, 0.5) is 13.2 Å². The third-order valence-corrected chi connectivity index (χ3v) is 4.09. The van der Waals surface area contributed by atoms with E-state index in [1.54, 1.807) is 0 Å². The molecule has 0 saturated carbocycles. The van der Waals surface area contributed by atoms with E-state index in [-0.39, 0.29) is 6.42 Å². The SMILES string of the molecule is CCCCC/C=C\CC/C=C\C/C=C\CCCCCCC(=O)C(F)(F)F. The van der Waals surface area contributed by atoms with Crippen molar-refractivity contribution in [3.63, 3.8) is 0 Å². The fourth-order valence-corrected chi connectivity index (χ4v) is 2.49. The van der Waals surface area contributed by atoms with E-state index in [0.29, 0.717) is 12.8 Å². The van der Waals surface area contributed by atoms with Gasteiger partial charge in [0.25, 0.3) is 0 Å². The fourth-order valence-electron chi connectivity index (χ4n) is 2.49. The molecular weight excluding hydrogens is 337 g/mol. The van der Waals surface area contributed by atoms with E-state index in [0.717, 1.165) is 38.5 Å². The normalized spacial score (nSPS) is 12.8. The number of ketones is 1. The molecule has 0 saturated heterocycles. The van der Waals surface area contributed by atoms with Crippen LogP contribution in [0.15, 0.2) is 36.5 Å². The molecule has 0 unspecified atom stereocenters. The molecule has 0 atom stereocenters. The van der Waals surface area contributed by atoms with Gasteiger partial charge in [-0.1, -0.05) is 69.1 Å². The monoisotopic (exact) mass is 372 g/mol. The van der Waals surface area contributed by atoms with Crippen LogP contribution >= 0.6 is 0 Å². The summed E-state index contributed by atoms with van der Waals surface area (Å²) < 4.78 is 36.0. The van der Waals surface area contributed by atoms with Crippen molar-refractivity contribution < 1.29 is 18.0 Å². The van der Waals surface area contributed by atoms with Crippen molar-refractivity contribution >= 4 is 5.78 Å². The summed E-state index contributed by atoms with van der Waals surface area (Å²) in [5.41, 5.74) is 0. The van der Waals surface area contributed by atoms with E-state index in [2.05, 4.69) is 43.4 Å². The van der Waals surface area contributed by atoms with E-state index in [1.165, 1.54) is 25.7 Å². The third kappa shape index (κ3) is 17.5. The molecule has 0 aromatic rings. The molecule has 0 aliphatic heterocycles. The fraction of sp³-hybridized carbons (Fsp3) is 0.682. The lowest BCUT2D eigenvalue weighted by Gasteiger charge is -2.04. The predicted molar refractivity (Wildman–Crippen MR) is 104 cm³/mol. The summed E-state index contributed by atoms with van der Waals surface area (Å²) in [6.07, 6.45) is 20.1. The Morgan fingerprint density at radius 1 is 0.692 bits per heavy atom. The maximum atomic E-state index is 12.0. The smallest absolute Gasteiger partial charge is 0.290 e. The zero-order valence-electron chi connectivity index (χ0n) is 16.2. The molecule has 0 spiro atoms. The number of allylic oxidation sites excluding steroid dienone is 6. The average molecular weight is 373 g/mol. The van der Waals surface area contributed by atoms with E-state index >= 15 is 0 Å². The molecule has 0 aliphatic carbocycles. The maximum Gasteiger partial charge on any atom is 0.449 e. The number of hydrogen-bond donors (Lipinski definition) is 0. The average Bonchev–Trinajstić information content (AvgIpc) is 2.59. The topological polar surface area (TPSA) is 17.1 Å². The number of carbonyl (C=O) groups excluding carboxylic acids is 1. The summed E-state index contributed by atoms with van der Waals surface area (Å²) in [5.74, 6) is -1.60. The highest BCUT2D eigenvalue weighted by Crippen LogP contribution is 2.19. The Bertz CT molecular complexity index is 420. The summed E-state index contributed by atoms with van der Waals surface area (Å²) in [6, 6.07) is 0. The zero-order chi connectivity index (χ0) is 19.5. The lowest BCUT2D eigenvalue weighted by molar-refractivity contribution is -0.171. The van der Waals surface area contributed by atoms with Crippen molar-refractivity contribution in [2.45, 2.75) is 96.6 Å². The van der Waals surface area contributed by atoms with Gasteiger partial charge in [-0.3, -0.25) is 4.79 Å². The Morgan fingerprint density at radius 2 is 1.19 bits per heavy atom. The number of rotatable bonds is 16. The predicted octanol–water partition coefficient (Wildman–Crippen LogP) is 7.88. The quantitative estimate of drug-likeness (QED) is 0.199. The molecule has 0 radical (unpaired) electrons. The zero-order valence-corrected chi connectivity index (χ0v) is 16.2. The Labute approximate surface area is 157 Å². The highest BCUT2D eigenvalue weighted by Gasteiger charge is 2.36. The summed E-state index contributed by atoms with van der Waals surface area (Å²) in [6.45, 7) is 2.22. The van der Waals surface area contributed by atoms with Gasteiger partial charge in [-0.15, -0.1) is 0 Å². The van der Waals surface area contributed by atoms with E-state index in [9.17, 15) is 18.0 Å². The van der Waals surface area contributed by atoms with E-state index in [4.69, 9.17) is 0 Å². The van der Waals surface area contributed by atoms with E-state index in [1.807, 2.05) is 0 Å². The molecule has 0 aromatic carbocycles. The minimum atomic E-state index is -4.67. The second kappa shape index (κ2) is 17.1. The molecule has 4 heteroatoms. The number of unbranched alkanes of at least 4 members (excludes halogenated alkanes) is 8. The Morgan fingerprint density at radius 3 is 1.81 bits per heavy atom. The molecule has 0 N–H and O–H groups in total. The van der Waals surface area contributed by atoms with E-state index < -0.39 is 12.0 Å². The molecule has 0 amide bonds. The summed E-state index contributed by atoms with van der Waals surface area (Å²) >= 11 is 0. The number of halogens is 3. The summed E-state index contributed by atoms with van der Waals surface area (Å²) in [4.78, 5) is 10.7. The van der Waals surface area contributed by atoms with Crippen LogP contribution in [0.1, 0.15) is 90.4 Å².